The van der Waals surface area contributed by atoms with Crippen molar-refractivity contribution in [3.63, 3.8) is 0 Å². The molecule has 84 valence electrons. The maximum absolute atomic E-state index is 12.5. The minimum Gasteiger partial charge on any atom is -0.288 e. The monoisotopic (exact) mass is 227 g/mol. The van der Waals surface area contributed by atoms with Gasteiger partial charge in [0.1, 0.15) is 11.6 Å². The highest BCUT2D eigenvalue weighted by Crippen LogP contribution is 2.29. The van der Waals surface area contributed by atoms with Gasteiger partial charge in [-0.15, -0.1) is 0 Å². The lowest BCUT2D eigenvalue weighted by Crippen LogP contribution is -2.07. The molecule has 0 fully saturated rings. The van der Waals surface area contributed by atoms with Crippen molar-refractivity contribution in [2.75, 3.05) is 0 Å². The molecule has 0 N–H and O–H groups in total. The van der Waals surface area contributed by atoms with E-state index in [0.29, 0.717) is 5.82 Å². The summed E-state index contributed by atoms with van der Waals surface area (Å²) in [5.41, 5.74) is -0.717. The third kappa shape index (κ3) is 1.91. The maximum Gasteiger partial charge on any atom is 0.416 e. The summed E-state index contributed by atoms with van der Waals surface area (Å²) >= 11 is 0. The van der Waals surface area contributed by atoms with E-state index in [1.54, 1.807) is 13.1 Å². The van der Waals surface area contributed by atoms with Crippen LogP contribution in [0.5, 0.6) is 0 Å². The lowest BCUT2D eigenvalue weighted by molar-refractivity contribution is -0.137. The molecule has 0 bridgehead atoms. The van der Waals surface area contributed by atoms with E-state index in [0.717, 1.165) is 18.3 Å². The molecule has 16 heavy (non-hydrogen) atoms. The molecule has 0 aromatic carbocycles. The SMILES string of the molecule is Cc1nccn1-c1cc(C(F)(F)F)ccn1. The quantitative estimate of drug-likeness (QED) is 0.749. The maximum atomic E-state index is 12.5. The highest BCUT2D eigenvalue weighted by molar-refractivity contribution is 5.30. The summed E-state index contributed by atoms with van der Waals surface area (Å²) in [6.45, 7) is 1.70. The summed E-state index contributed by atoms with van der Waals surface area (Å²) in [7, 11) is 0. The van der Waals surface area contributed by atoms with Crippen LogP contribution in [0.1, 0.15) is 11.4 Å². The van der Waals surface area contributed by atoms with Crippen molar-refractivity contribution in [2.24, 2.45) is 0 Å². The van der Waals surface area contributed by atoms with Crippen molar-refractivity contribution in [3.8, 4) is 5.82 Å². The number of hydrogen-bond acceptors (Lipinski definition) is 2. The first-order valence-electron chi connectivity index (χ1n) is 4.52. The molecular formula is C10H8F3N3. The lowest BCUT2D eigenvalue weighted by Gasteiger charge is -2.09. The van der Waals surface area contributed by atoms with Crippen LogP contribution in [0.4, 0.5) is 13.2 Å². The number of rotatable bonds is 1. The van der Waals surface area contributed by atoms with Gasteiger partial charge in [-0.1, -0.05) is 0 Å². The molecule has 0 saturated carbocycles. The normalized spacial score (nSPS) is 11.8. The average molecular weight is 227 g/mol. The number of hydrogen-bond donors (Lipinski definition) is 0. The van der Waals surface area contributed by atoms with Gasteiger partial charge in [-0.3, -0.25) is 4.57 Å². The van der Waals surface area contributed by atoms with Crippen LogP contribution in [-0.2, 0) is 6.18 Å². The van der Waals surface area contributed by atoms with Crippen LogP contribution in [0.3, 0.4) is 0 Å². The zero-order chi connectivity index (χ0) is 11.8. The van der Waals surface area contributed by atoms with Crippen LogP contribution in [-0.4, -0.2) is 14.5 Å². The van der Waals surface area contributed by atoms with Gasteiger partial charge < -0.3 is 0 Å². The van der Waals surface area contributed by atoms with Crippen LogP contribution >= 0.6 is 0 Å². The molecule has 0 aliphatic carbocycles. The minimum absolute atomic E-state index is 0.213. The summed E-state index contributed by atoms with van der Waals surface area (Å²) in [4.78, 5) is 7.81. The molecule has 3 nitrogen and oxygen atoms in total. The third-order valence-electron chi connectivity index (χ3n) is 2.15. The predicted molar refractivity (Wildman–Crippen MR) is 51.1 cm³/mol. The van der Waals surface area contributed by atoms with Crippen LogP contribution in [0.25, 0.3) is 5.82 Å². The van der Waals surface area contributed by atoms with Crippen LogP contribution in [0.2, 0.25) is 0 Å². The largest absolute Gasteiger partial charge is 0.416 e. The van der Waals surface area contributed by atoms with Gasteiger partial charge in [-0.25, -0.2) is 9.97 Å². The van der Waals surface area contributed by atoms with Crippen molar-refractivity contribution >= 4 is 0 Å². The molecule has 2 heterocycles. The van der Waals surface area contributed by atoms with E-state index in [2.05, 4.69) is 9.97 Å². The fraction of sp³-hybridized carbons (Fsp3) is 0.200. The smallest absolute Gasteiger partial charge is 0.288 e. The summed E-state index contributed by atoms with van der Waals surface area (Å²) < 4.78 is 38.9. The Hall–Kier alpha value is -1.85. The molecule has 0 radical (unpaired) electrons. The zero-order valence-electron chi connectivity index (χ0n) is 8.36. The molecule has 6 heteroatoms. The Kier molecular flexibility index (Phi) is 2.41. The molecular weight excluding hydrogens is 219 g/mol. The number of aromatic nitrogens is 3. The van der Waals surface area contributed by atoms with E-state index in [1.165, 1.54) is 10.8 Å². The highest BCUT2D eigenvalue weighted by atomic mass is 19.4. The number of alkyl halides is 3. The number of halogens is 3. The van der Waals surface area contributed by atoms with E-state index >= 15 is 0 Å². The van der Waals surface area contributed by atoms with Crippen LogP contribution in [0.15, 0.2) is 30.7 Å². The standard InChI is InChI=1S/C10H8F3N3/c1-7-14-4-5-16(7)9-6-8(2-3-15-9)10(11,12)13/h2-6H,1H3. The first-order chi connectivity index (χ1) is 7.48. The molecule has 0 amide bonds. The molecule has 2 rings (SSSR count). The molecule has 0 aliphatic rings. The van der Waals surface area contributed by atoms with Crippen molar-refractivity contribution < 1.29 is 13.2 Å². The van der Waals surface area contributed by atoms with Crippen LogP contribution < -0.4 is 0 Å². The highest BCUT2D eigenvalue weighted by Gasteiger charge is 2.30. The average Bonchev–Trinajstić information content (AvgIpc) is 2.63. The summed E-state index contributed by atoms with van der Waals surface area (Å²) in [6.07, 6.45) is -0.140. The minimum atomic E-state index is -4.35. The Labute approximate surface area is 89.6 Å². The van der Waals surface area contributed by atoms with Crippen LogP contribution in [0, 0.1) is 6.92 Å². The summed E-state index contributed by atoms with van der Waals surface area (Å²) in [5, 5.41) is 0. The molecule has 0 saturated heterocycles. The summed E-state index contributed by atoms with van der Waals surface area (Å²) in [6, 6.07) is 1.93. The number of pyridine rings is 1. The zero-order valence-corrected chi connectivity index (χ0v) is 8.36. The first kappa shape index (κ1) is 10.7. The van der Waals surface area contributed by atoms with Gasteiger partial charge in [0.25, 0.3) is 0 Å². The van der Waals surface area contributed by atoms with Gasteiger partial charge in [0.05, 0.1) is 5.56 Å². The van der Waals surface area contributed by atoms with Gasteiger partial charge >= 0.3 is 6.18 Å². The lowest BCUT2D eigenvalue weighted by atomic mass is 10.2. The van der Waals surface area contributed by atoms with Gasteiger partial charge in [-0.2, -0.15) is 13.2 Å². The van der Waals surface area contributed by atoms with Crippen molar-refractivity contribution in [3.05, 3.63) is 42.1 Å². The second-order valence-corrected chi connectivity index (χ2v) is 3.24. The Balaban J connectivity index is 2.49. The van der Waals surface area contributed by atoms with Crippen molar-refractivity contribution in [2.45, 2.75) is 13.1 Å². The Morgan fingerprint density at radius 3 is 2.50 bits per heavy atom. The number of imidazole rings is 1. The summed E-state index contributed by atoms with van der Waals surface area (Å²) in [5.74, 6) is 0.802. The molecule has 2 aromatic rings. The van der Waals surface area contributed by atoms with Crippen molar-refractivity contribution in [1.82, 2.24) is 14.5 Å². The molecule has 0 aliphatic heterocycles. The molecule has 0 atom stereocenters. The van der Waals surface area contributed by atoms with Gasteiger partial charge in [-0.05, 0) is 19.1 Å². The Morgan fingerprint density at radius 2 is 1.94 bits per heavy atom. The van der Waals surface area contributed by atoms with E-state index in [-0.39, 0.29) is 5.82 Å². The fourth-order valence-corrected chi connectivity index (χ4v) is 1.35. The number of nitrogens with zero attached hydrogens (tertiary/aromatic N) is 3. The number of aryl methyl sites for hydroxylation is 1. The predicted octanol–water partition coefficient (Wildman–Crippen LogP) is 2.59. The second kappa shape index (κ2) is 3.62. The van der Waals surface area contributed by atoms with Gasteiger partial charge in [0.15, 0.2) is 0 Å². The van der Waals surface area contributed by atoms with E-state index < -0.39 is 11.7 Å². The van der Waals surface area contributed by atoms with Gasteiger partial charge in [0, 0.05) is 18.6 Å². The van der Waals surface area contributed by atoms with Crippen molar-refractivity contribution in [1.29, 1.82) is 0 Å². The van der Waals surface area contributed by atoms with E-state index in [4.69, 9.17) is 0 Å². The molecule has 0 spiro atoms. The topological polar surface area (TPSA) is 30.7 Å². The fourth-order valence-electron chi connectivity index (χ4n) is 1.35. The van der Waals surface area contributed by atoms with E-state index in [1.807, 2.05) is 0 Å². The third-order valence-corrected chi connectivity index (χ3v) is 2.15. The molecule has 2 aromatic heterocycles. The van der Waals surface area contributed by atoms with E-state index in [9.17, 15) is 13.2 Å². The Bertz CT molecular complexity index is 502. The second-order valence-electron chi connectivity index (χ2n) is 3.24. The molecule has 0 unspecified atom stereocenters. The van der Waals surface area contributed by atoms with Gasteiger partial charge in [0.2, 0.25) is 0 Å². The first-order valence-corrected chi connectivity index (χ1v) is 4.52. The Morgan fingerprint density at radius 1 is 1.19 bits per heavy atom.